The fourth-order valence-corrected chi connectivity index (χ4v) is 5.05. The molecule has 1 saturated heterocycles. The third-order valence-corrected chi connectivity index (χ3v) is 6.41. The molecular weight excluding hydrogens is 266 g/mol. The molecule has 0 radical (unpaired) electrons. The molecule has 0 bridgehead atoms. The van der Waals surface area contributed by atoms with Gasteiger partial charge in [0, 0.05) is 13.1 Å². The fourth-order valence-electron chi connectivity index (χ4n) is 3.14. The van der Waals surface area contributed by atoms with Crippen LogP contribution in [0.5, 0.6) is 0 Å². The number of carboxylic acids is 1. The first-order valence-corrected chi connectivity index (χ1v) is 8.80. The van der Waals surface area contributed by atoms with E-state index in [1.54, 1.807) is 0 Å². The average Bonchev–Trinajstić information content (AvgIpc) is 2.39. The summed E-state index contributed by atoms with van der Waals surface area (Å²) in [6, 6.07) is 0. The van der Waals surface area contributed by atoms with E-state index in [1.807, 2.05) is 0 Å². The van der Waals surface area contributed by atoms with Crippen molar-refractivity contribution in [2.45, 2.75) is 44.9 Å². The Labute approximate surface area is 115 Å². The molecule has 0 atom stereocenters. The van der Waals surface area contributed by atoms with E-state index in [0.717, 1.165) is 25.7 Å². The van der Waals surface area contributed by atoms with E-state index in [2.05, 4.69) is 0 Å². The highest BCUT2D eigenvalue weighted by Gasteiger charge is 2.32. The van der Waals surface area contributed by atoms with Crippen molar-refractivity contribution < 1.29 is 18.3 Å². The van der Waals surface area contributed by atoms with Crippen LogP contribution in [0, 0.1) is 11.8 Å². The Morgan fingerprint density at radius 3 is 2.16 bits per heavy atom. The second-order valence-corrected chi connectivity index (χ2v) is 7.81. The van der Waals surface area contributed by atoms with Crippen LogP contribution < -0.4 is 0 Å². The van der Waals surface area contributed by atoms with E-state index in [4.69, 9.17) is 5.11 Å². The number of piperidine rings is 1. The van der Waals surface area contributed by atoms with Crippen LogP contribution in [0.1, 0.15) is 44.9 Å². The third kappa shape index (κ3) is 3.92. The number of sulfonamides is 1. The Morgan fingerprint density at radius 2 is 1.63 bits per heavy atom. The molecule has 0 unspecified atom stereocenters. The van der Waals surface area contributed by atoms with Crippen molar-refractivity contribution in [3.63, 3.8) is 0 Å². The number of nitrogens with zero attached hydrogens (tertiary/aromatic N) is 1. The minimum atomic E-state index is -3.19. The number of carboxylic acid groups (broad SMARTS) is 1. The lowest BCUT2D eigenvalue weighted by Crippen LogP contribution is -2.42. The lowest BCUT2D eigenvalue weighted by atomic mass is 9.91. The van der Waals surface area contributed by atoms with Gasteiger partial charge >= 0.3 is 5.97 Å². The van der Waals surface area contributed by atoms with E-state index < -0.39 is 16.0 Å². The Balaban J connectivity index is 1.88. The van der Waals surface area contributed by atoms with E-state index in [9.17, 15) is 13.2 Å². The van der Waals surface area contributed by atoms with Gasteiger partial charge < -0.3 is 5.11 Å². The van der Waals surface area contributed by atoms with Crippen LogP contribution in [0.25, 0.3) is 0 Å². The zero-order chi connectivity index (χ0) is 13.9. The smallest absolute Gasteiger partial charge is 0.306 e. The molecule has 1 heterocycles. The number of hydrogen-bond acceptors (Lipinski definition) is 3. The predicted molar refractivity (Wildman–Crippen MR) is 72.3 cm³/mol. The van der Waals surface area contributed by atoms with Gasteiger partial charge in [-0.15, -0.1) is 0 Å². The standard InChI is InChI=1S/C13H23NO4S/c15-13(16)12-6-8-14(9-7-12)19(17,18)10-11-4-2-1-3-5-11/h11-12H,1-10H2,(H,15,16). The molecule has 19 heavy (non-hydrogen) atoms. The van der Waals surface area contributed by atoms with Gasteiger partial charge in [-0.2, -0.15) is 0 Å². The van der Waals surface area contributed by atoms with E-state index >= 15 is 0 Å². The summed E-state index contributed by atoms with van der Waals surface area (Å²) in [7, 11) is -3.19. The van der Waals surface area contributed by atoms with Crippen LogP contribution in [0.15, 0.2) is 0 Å². The van der Waals surface area contributed by atoms with Gasteiger partial charge in [0.1, 0.15) is 0 Å². The molecule has 0 aromatic carbocycles. The quantitative estimate of drug-likeness (QED) is 0.854. The molecular formula is C13H23NO4S. The van der Waals surface area contributed by atoms with Gasteiger partial charge in [-0.3, -0.25) is 4.79 Å². The van der Waals surface area contributed by atoms with Crippen molar-refractivity contribution in [3.05, 3.63) is 0 Å². The summed E-state index contributed by atoms with van der Waals surface area (Å²) >= 11 is 0. The lowest BCUT2D eigenvalue weighted by Gasteiger charge is -2.31. The maximum Gasteiger partial charge on any atom is 0.306 e. The van der Waals surface area contributed by atoms with E-state index in [1.165, 1.54) is 10.7 Å². The Bertz CT molecular complexity index is 406. The van der Waals surface area contributed by atoms with Gasteiger partial charge in [0.25, 0.3) is 0 Å². The predicted octanol–water partition coefficient (Wildman–Crippen LogP) is 1.69. The van der Waals surface area contributed by atoms with E-state index in [-0.39, 0.29) is 11.7 Å². The molecule has 5 nitrogen and oxygen atoms in total. The van der Waals surface area contributed by atoms with Crippen molar-refractivity contribution in [2.75, 3.05) is 18.8 Å². The van der Waals surface area contributed by atoms with Crippen LogP contribution >= 0.6 is 0 Å². The van der Waals surface area contributed by atoms with Crippen LogP contribution in [-0.2, 0) is 14.8 Å². The molecule has 1 aliphatic heterocycles. The maximum atomic E-state index is 12.3. The maximum absolute atomic E-state index is 12.3. The van der Waals surface area contributed by atoms with Gasteiger partial charge in [-0.25, -0.2) is 12.7 Å². The molecule has 1 N–H and O–H groups in total. The average molecular weight is 289 g/mol. The number of hydrogen-bond donors (Lipinski definition) is 1. The molecule has 2 aliphatic rings. The highest BCUT2D eigenvalue weighted by Crippen LogP contribution is 2.27. The first-order valence-electron chi connectivity index (χ1n) is 7.19. The monoisotopic (exact) mass is 289 g/mol. The molecule has 0 amide bonds. The molecule has 1 saturated carbocycles. The molecule has 0 aromatic rings. The highest BCUT2D eigenvalue weighted by molar-refractivity contribution is 7.89. The zero-order valence-electron chi connectivity index (χ0n) is 11.3. The van der Waals surface area contributed by atoms with E-state index in [0.29, 0.717) is 31.8 Å². The molecule has 1 aliphatic carbocycles. The normalized spacial score (nSPS) is 24.4. The molecule has 0 spiro atoms. The largest absolute Gasteiger partial charge is 0.481 e. The van der Waals surface area contributed by atoms with Crippen LogP contribution in [-0.4, -0.2) is 42.6 Å². The minimum absolute atomic E-state index is 0.255. The summed E-state index contributed by atoms with van der Waals surface area (Å²) in [6.07, 6.45) is 6.43. The molecule has 2 fully saturated rings. The molecule has 6 heteroatoms. The Kier molecular flexibility index (Phi) is 4.84. The zero-order valence-corrected chi connectivity index (χ0v) is 12.1. The van der Waals surface area contributed by atoms with Gasteiger partial charge in [-0.05, 0) is 31.6 Å². The van der Waals surface area contributed by atoms with Crippen molar-refractivity contribution >= 4 is 16.0 Å². The number of rotatable bonds is 4. The van der Waals surface area contributed by atoms with Crippen molar-refractivity contribution in [2.24, 2.45) is 11.8 Å². The first-order chi connectivity index (χ1) is 8.99. The fraction of sp³-hybridized carbons (Fsp3) is 0.923. The second kappa shape index (κ2) is 6.22. The molecule has 0 aromatic heterocycles. The van der Waals surface area contributed by atoms with Crippen LogP contribution in [0.3, 0.4) is 0 Å². The number of aliphatic carboxylic acids is 1. The van der Waals surface area contributed by atoms with Gasteiger partial charge in [-0.1, -0.05) is 19.3 Å². The summed E-state index contributed by atoms with van der Waals surface area (Å²) in [6.45, 7) is 0.734. The summed E-state index contributed by atoms with van der Waals surface area (Å²) < 4.78 is 26.1. The summed E-state index contributed by atoms with van der Waals surface area (Å²) in [5, 5.41) is 8.92. The first kappa shape index (κ1) is 14.8. The summed E-state index contributed by atoms with van der Waals surface area (Å²) in [5.41, 5.74) is 0. The van der Waals surface area contributed by atoms with Crippen LogP contribution in [0.2, 0.25) is 0 Å². The van der Waals surface area contributed by atoms with Crippen LogP contribution in [0.4, 0.5) is 0 Å². The number of carbonyl (C=O) groups is 1. The molecule has 110 valence electrons. The molecule has 2 rings (SSSR count). The van der Waals surface area contributed by atoms with Crippen molar-refractivity contribution in [1.82, 2.24) is 4.31 Å². The summed E-state index contributed by atoms with van der Waals surface area (Å²) in [5.74, 6) is -0.619. The van der Waals surface area contributed by atoms with Crippen molar-refractivity contribution in [1.29, 1.82) is 0 Å². The minimum Gasteiger partial charge on any atom is -0.481 e. The highest BCUT2D eigenvalue weighted by atomic mass is 32.2. The summed E-state index contributed by atoms with van der Waals surface area (Å²) in [4.78, 5) is 10.9. The lowest BCUT2D eigenvalue weighted by molar-refractivity contribution is -0.142. The Morgan fingerprint density at radius 1 is 1.05 bits per heavy atom. The van der Waals surface area contributed by atoms with Gasteiger partial charge in [0.2, 0.25) is 10.0 Å². The third-order valence-electron chi connectivity index (χ3n) is 4.37. The van der Waals surface area contributed by atoms with Gasteiger partial charge in [0.05, 0.1) is 11.7 Å². The van der Waals surface area contributed by atoms with Gasteiger partial charge in [0.15, 0.2) is 0 Å². The van der Waals surface area contributed by atoms with Crippen molar-refractivity contribution in [3.8, 4) is 0 Å². The second-order valence-electron chi connectivity index (χ2n) is 5.79. The Hall–Kier alpha value is -0.620. The topological polar surface area (TPSA) is 74.7 Å². The SMILES string of the molecule is O=C(O)C1CCN(S(=O)(=O)CC2CCCCC2)CC1.